The van der Waals surface area contributed by atoms with Crippen molar-refractivity contribution in [1.29, 1.82) is 5.26 Å². The number of amides is 3. The van der Waals surface area contributed by atoms with Gasteiger partial charge in [0.15, 0.2) is 0 Å². The molecule has 0 radical (unpaired) electrons. The van der Waals surface area contributed by atoms with Crippen molar-refractivity contribution in [2.45, 2.75) is 62.6 Å². The molecule has 3 N–H and O–H groups in total. The van der Waals surface area contributed by atoms with Crippen LogP contribution in [0.15, 0.2) is 18.2 Å². The maximum absolute atomic E-state index is 15.0. The summed E-state index contributed by atoms with van der Waals surface area (Å²) < 4.78 is 44.2. The molecule has 1 aliphatic carbocycles. The zero-order valence-electron chi connectivity index (χ0n) is 19.7. The van der Waals surface area contributed by atoms with Gasteiger partial charge in [-0.25, -0.2) is 13.2 Å². The number of halogens is 4. The van der Waals surface area contributed by atoms with E-state index in [1.54, 1.807) is 0 Å². The van der Waals surface area contributed by atoms with Gasteiger partial charge in [-0.1, -0.05) is 11.6 Å². The smallest absolute Gasteiger partial charge is 0.271 e. The number of aromatic amines is 1. The number of aromatic nitrogens is 1. The minimum absolute atomic E-state index is 0.0366. The summed E-state index contributed by atoms with van der Waals surface area (Å²) in [6.07, 6.45) is 1.06. The maximum atomic E-state index is 15.0. The first-order valence-electron chi connectivity index (χ1n) is 12.3. The highest BCUT2D eigenvalue weighted by Crippen LogP contribution is 2.49. The predicted molar refractivity (Wildman–Crippen MR) is 127 cm³/mol. The van der Waals surface area contributed by atoms with Crippen molar-refractivity contribution in [1.82, 2.24) is 20.5 Å². The zero-order chi connectivity index (χ0) is 26.5. The lowest BCUT2D eigenvalue weighted by atomic mass is 9.71. The monoisotopic (exact) mass is 535 g/mol. The van der Waals surface area contributed by atoms with Crippen LogP contribution in [0.3, 0.4) is 0 Å². The van der Waals surface area contributed by atoms with Crippen molar-refractivity contribution in [3.05, 3.63) is 34.7 Å². The lowest BCUT2D eigenvalue weighted by Gasteiger charge is -2.53. The number of nitrogens with zero attached hydrogens (tertiary/aromatic N) is 2. The number of nitrogens with one attached hydrogen (secondary N) is 3. The number of benzene rings is 1. The van der Waals surface area contributed by atoms with Gasteiger partial charge in [-0.2, -0.15) is 5.26 Å². The molecule has 4 heterocycles. The SMILES string of the molecule is N#C[C@@H](C[C@H]1CCCNC1=O)NC(=O)[C@@H]1[C@H]2CC[C@H](CC2(F)F)N1C(=O)c1cc2c(F)ccc(Cl)c2[nH]1. The van der Waals surface area contributed by atoms with Crippen molar-refractivity contribution in [2.75, 3.05) is 6.54 Å². The molecule has 5 atom stereocenters. The summed E-state index contributed by atoms with van der Waals surface area (Å²) in [5, 5.41) is 15.1. The number of fused-ring (bicyclic) bond motifs is 4. The summed E-state index contributed by atoms with van der Waals surface area (Å²) >= 11 is 6.13. The second kappa shape index (κ2) is 9.56. The molecular formula is C25H25ClF3N5O3. The highest BCUT2D eigenvalue weighted by molar-refractivity contribution is 6.35. The second-order valence-electron chi connectivity index (χ2n) is 10.0. The molecule has 3 saturated heterocycles. The molecule has 1 saturated carbocycles. The average molecular weight is 536 g/mol. The molecule has 4 aliphatic rings. The number of piperidine rings is 3. The number of alkyl halides is 2. The van der Waals surface area contributed by atoms with Gasteiger partial charge in [-0.15, -0.1) is 0 Å². The Hall–Kier alpha value is -3.26. The predicted octanol–water partition coefficient (Wildman–Crippen LogP) is 3.51. The van der Waals surface area contributed by atoms with Crippen LogP contribution in [0, 0.1) is 29.0 Å². The molecule has 3 amide bonds. The first-order valence-corrected chi connectivity index (χ1v) is 12.6. The first kappa shape index (κ1) is 25.4. The molecule has 6 rings (SSSR count). The third-order valence-corrected chi connectivity index (χ3v) is 8.07. The van der Waals surface area contributed by atoms with Gasteiger partial charge in [0.2, 0.25) is 11.8 Å². The lowest BCUT2D eigenvalue weighted by molar-refractivity contribution is -0.179. The zero-order valence-corrected chi connectivity index (χ0v) is 20.5. The third-order valence-electron chi connectivity index (χ3n) is 7.75. The molecule has 1 aromatic carbocycles. The molecule has 196 valence electrons. The van der Waals surface area contributed by atoms with Gasteiger partial charge >= 0.3 is 0 Å². The number of nitriles is 1. The van der Waals surface area contributed by atoms with Crippen molar-refractivity contribution in [3.63, 3.8) is 0 Å². The van der Waals surface area contributed by atoms with Crippen LogP contribution in [0.2, 0.25) is 5.02 Å². The molecule has 2 aromatic rings. The normalized spacial score (nSPS) is 27.4. The van der Waals surface area contributed by atoms with E-state index in [1.165, 1.54) is 12.1 Å². The van der Waals surface area contributed by atoms with Crippen LogP contribution in [0.1, 0.15) is 49.0 Å². The minimum Gasteiger partial charge on any atom is -0.356 e. The van der Waals surface area contributed by atoms with Gasteiger partial charge in [0.05, 0.1) is 22.5 Å². The highest BCUT2D eigenvalue weighted by atomic mass is 35.5. The Morgan fingerprint density at radius 2 is 2.08 bits per heavy atom. The van der Waals surface area contributed by atoms with E-state index >= 15 is 0 Å². The molecule has 0 spiro atoms. The van der Waals surface area contributed by atoms with E-state index < -0.39 is 59.9 Å². The summed E-state index contributed by atoms with van der Waals surface area (Å²) in [6, 6.07) is 2.15. The number of hydrogen-bond donors (Lipinski definition) is 3. The standard InChI is InChI=1S/C25H25ClF3N5O3/c26-17-5-6-18(27)15-9-19(33-20(15)17)24(37)34-14-3-4-16(25(28,29)10-14)21(34)23(36)32-13(11-30)8-12-2-1-7-31-22(12)35/h5-6,9,12-14,16,21,33H,1-4,7-8,10H2,(H,31,35)(H,32,36)/t12-,13-,14-,16-,21+/m1/s1. The third kappa shape index (κ3) is 4.52. The molecule has 12 heteroatoms. The molecule has 3 aliphatic heterocycles. The van der Waals surface area contributed by atoms with E-state index in [4.69, 9.17) is 11.6 Å². The van der Waals surface area contributed by atoms with Crippen LogP contribution >= 0.6 is 11.6 Å². The van der Waals surface area contributed by atoms with Gasteiger partial charge in [-0.05, 0) is 50.3 Å². The van der Waals surface area contributed by atoms with Gasteiger partial charge < -0.3 is 20.5 Å². The lowest BCUT2D eigenvalue weighted by Crippen LogP contribution is -2.68. The Morgan fingerprint density at radius 1 is 1.30 bits per heavy atom. The topological polar surface area (TPSA) is 118 Å². The number of carbonyl (C=O) groups excluding carboxylic acids is 3. The van der Waals surface area contributed by atoms with Crippen LogP contribution in [0.25, 0.3) is 10.9 Å². The summed E-state index contributed by atoms with van der Waals surface area (Å²) in [5.74, 6) is -7.52. The molecule has 0 unspecified atom stereocenters. The summed E-state index contributed by atoms with van der Waals surface area (Å²) in [4.78, 5) is 43.1. The van der Waals surface area contributed by atoms with Crippen LogP contribution in [-0.2, 0) is 9.59 Å². The molecule has 37 heavy (non-hydrogen) atoms. The average Bonchev–Trinajstić information content (AvgIpc) is 3.33. The Balaban J connectivity index is 1.43. The van der Waals surface area contributed by atoms with Gasteiger partial charge in [0, 0.05) is 30.3 Å². The summed E-state index contributed by atoms with van der Waals surface area (Å²) in [5.41, 5.74) is 0.111. The summed E-state index contributed by atoms with van der Waals surface area (Å²) in [7, 11) is 0. The number of hydrogen-bond acceptors (Lipinski definition) is 4. The van der Waals surface area contributed by atoms with Crippen LogP contribution in [0.5, 0.6) is 0 Å². The van der Waals surface area contributed by atoms with E-state index in [-0.39, 0.29) is 46.8 Å². The quantitative estimate of drug-likeness (QED) is 0.543. The fourth-order valence-corrected chi connectivity index (χ4v) is 6.16. The largest absolute Gasteiger partial charge is 0.356 e. The molecule has 8 nitrogen and oxygen atoms in total. The Labute approximate surface area is 215 Å². The highest BCUT2D eigenvalue weighted by Gasteiger charge is 2.60. The van der Waals surface area contributed by atoms with E-state index in [2.05, 4.69) is 15.6 Å². The summed E-state index contributed by atoms with van der Waals surface area (Å²) in [6.45, 7) is 0.541. The van der Waals surface area contributed by atoms with Crippen LogP contribution < -0.4 is 10.6 Å². The first-order chi connectivity index (χ1) is 17.6. The van der Waals surface area contributed by atoms with E-state index in [0.717, 1.165) is 17.4 Å². The van der Waals surface area contributed by atoms with E-state index in [1.807, 2.05) is 6.07 Å². The van der Waals surface area contributed by atoms with Crippen molar-refractivity contribution in [2.24, 2.45) is 11.8 Å². The number of carbonyl (C=O) groups is 3. The second-order valence-corrected chi connectivity index (χ2v) is 10.4. The van der Waals surface area contributed by atoms with E-state index in [0.29, 0.717) is 13.0 Å². The Morgan fingerprint density at radius 3 is 2.76 bits per heavy atom. The molecule has 1 aromatic heterocycles. The molecule has 4 fully saturated rings. The Kier molecular flexibility index (Phi) is 6.56. The van der Waals surface area contributed by atoms with Gasteiger partial charge in [0.1, 0.15) is 23.6 Å². The van der Waals surface area contributed by atoms with Crippen LogP contribution in [0.4, 0.5) is 13.2 Å². The van der Waals surface area contributed by atoms with Crippen molar-refractivity contribution < 1.29 is 27.6 Å². The van der Waals surface area contributed by atoms with Crippen LogP contribution in [-0.4, -0.2) is 58.2 Å². The maximum Gasteiger partial charge on any atom is 0.271 e. The fourth-order valence-electron chi connectivity index (χ4n) is 5.95. The van der Waals surface area contributed by atoms with E-state index in [9.17, 15) is 32.8 Å². The molecular weight excluding hydrogens is 511 g/mol. The minimum atomic E-state index is -3.18. The van der Waals surface area contributed by atoms with Gasteiger partial charge in [-0.3, -0.25) is 14.4 Å². The number of H-pyrrole nitrogens is 1. The Bertz CT molecular complexity index is 1270. The number of rotatable bonds is 5. The fraction of sp³-hybridized carbons (Fsp3) is 0.520. The van der Waals surface area contributed by atoms with Gasteiger partial charge in [0.25, 0.3) is 11.8 Å². The molecule has 2 bridgehead atoms. The van der Waals surface area contributed by atoms with Crippen molar-refractivity contribution in [3.8, 4) is 6.07 Å². The van der Waals surface area contributed by atoms with Crippen molar-refractivity contribution >= 4 is 40.2 Å².